The first kappa shape index (κ1) is 22.5. The number of sulfonamides is 1. The molecule has 17 heavy (non-hydrogen) atoms. The molecule has 3 N–H and O–H groups in total. The van der Waals surface area contributed by atoms with Crippen LogP contribution in [0, 0.1) is 0 Å². The third kappa shape index (κ3) is 7.35. The van der Waals surface area contributed by atoms with Crippen LogP contribution in [0.4, 0.5) is 5.69 Å². The molecule has 1 aromatic carbocycles. The first-order valence-corrected chi connectivity index (χ1v) is 5.29. The zero-order chi connectivity index (χ0) is 10.8. The topological polar surface area (TPSA) is 89.3 Å². The van der Waals surface area contributed by atoms with E-state index < -0.39 is 15.9 Å². The normalized spacial score (nSPS) is 9.00. The number of nitrogens with two attached hydrogens (primary N) is 1. The fraction of sp³-hybridized carbons (Fsp3) is 0.125. The molecule has 0 unspecified atom stereocenters. The predicted molar refractivity (Wildman–Crippen MR) is 77.9 cm³/mol. The van der Waals surface area contributed by atoms with Gasteiger partial charge >= 0.3 is 46.6 Å². The molecule has 0 atom stereocenters. The van der Waals surface area contributed by atoms with E-state index in [2.05, 4.69) is 0 Å². The molecular formula is C8H15N2NaO3S2Se. The maximum absolute atomic E-state index is 11.4. The Labute approximate surface area is 140 Å². The summed E-state index contributed by atoms with van der Waals surface area (Å²) in [6.45, 7) is 1.13. The minimum absolute atomic E-state index is 0. The van der Waals surface area contributed by atoms with Crippen molar-refractivity contribution >= 4 is 81.7 Å². The Kier molecular flexibility index (Phi) is 12.3. The first-order valence-electron chi connectivity index (χ1n) is 3.81. The van der Waals surface area contributed by atoms with Crippen LogP contribution < -0.4 is 10.5 Å². The van der Waals surface area contributed by atoms with Crippen LogP contribution in [0.15, 0.2) is 29.2 Å². The summed E-state index contributed by atoms with van der Waals surface area (Å²) in [7, 11) is -3.73. The Bertz CT molecular complexity index is 450. The van der Waals surface area contributed by atoms with Crippen molar-refractivity contribution in [3.05, 3.63) is 24.3 Å². The van der Waals surface area contributed by atoms with Crippen molar-refractivity contribution in [2.24, 2.45) is 0 Å². The first-order chi connectivity index (χ1) is 6.42. The molecule has 0 saturated carbocycles. The quantitative estimate of drug-likeness (QED) is 0.508. The summed E-state index contributed by atoms with van der Waals surface area (Å²) in [5, 5.41) is 0. The minimum atomic E-state index is -3.73. The molecule has 0 fully saturated rings. The number of amides is 1. The summed E-state index contributed by atoms with van der Waals surface area (Å²) in [6.07, 6.45) is 0. The Morgan fingerprint density at radius 2 is 1.65 bits per heavy atom. The molecule has 9 heteroatoms. The Hall–Kier alpha value is 0.309. The average molecular weight is 353 g/mol. The van der Waals surface area contributed by atoms with E-state index in [1.165, 1.54) is 24.3 Å². The van der Waals surface area contributed by atoms with Crippen molar-refractivity contribution < 1.29 is 13.2 Å². The number of nitrogens with one attached hydrogen (secondary N) is 1. The second kappa shape index (κ2) is 9.27. The molecule has 0 aliphatic carbocycles. The van der Waals surface area contributed by atoms with Gasteiger partial charge in [0.1, 0.15) is 0 Å². The van der Waals surface area contributed by atoms with Gasteiger partial charge in [-0.05, 0) is 24.3 Å². The van der Waals surface area contributed by atoms with Crippen LogP contribution in [-0.2, 0) is 14.8 Å². The number of hydrogen-bond donors (Lipinski definition) is 2. The molecule has 0 spiro atoms. The van der Waals surface area contributed by atoms with Crippen LogP contribution in [0.5, 0.6) is 0 Å². The SMILES string of the molecule is CC(=O)NS(=O)(=O)c1ccc(N)cc1.S.[NaH].[SeH2]. The molecule has 0 aliphatic rings. The van der Waals surface area contributed by atoms with Crippen LogP contribution in [0.25, 0.3) is 0 Å². The van der Waals surface area contributed by atoms with Crippen LogP contribution in [0.2, 0.25) is 0 Å². The molecular weight excluding hydrogens is 338 g/mol. The fourth-order valence-electron chi connectivity index (χ4n) is 0.895. The Morgan fingerprint density at radius 3 is 2.00 bits per heavy atom. The number of hydrogen-bond acceptors (Lipinski definition) is 4. The molecule has 94 valence electrons. The number of benzene rings is 1. The molecule has 0 aromatic heterocycles. The second-order valence-corrected chi connectivity index (χ2v) is 4.41. The predicted octanol–water partition coefficient (Wildman–Crippen LogP) is -1.36. The molecule has 0 heterocycles. The monoisotopic (exact) mass is 354 g/mol. The van der Waals surface area contributed by atoms with Crippen LogP contribution in [0.3, 0.4) is 0 Å². The number of nitrogen functional groups attached to an aromatic ring is 1. The van der Waals surface area contributed by atoms with E-state index in [1.54, 1.807) is 0 Å². The van der Waals surface area contributed by atoms with Crippen molar-refractivity contribution in [3.8, 4) is 0 Å². The zero-order valence-electron chi connectivity index (χ0n) is 8.52. The fourth-order valence-corrected chi connectivity index (χ4v) is 1.89. The van der Waals surface area contributed by atoms with Gasteiger partial charge in [-0.25, -0.2) is 13.1 Å². The summed E-state index contributed by atoms with van der Waals surface area (Å²) in [5.41, 5.74) is 5.85. The van der Waals surface area contributed by atoms with Gasteiger partial charge in [0.15, 0.2) is 0 Å². The second-order valence-electron chi connectivity index (χ2n) is 2.73. The van der Waals surface area contributed by atoms with Gasteiger partial charge in [0.2, 0.25) is 5.91 Å². The van der Waals surface area contributed by atoms with E-state index in [1.807, 2.05) is 4.72 Å². The van der Waals surface area contributed by atoms with Crippen molar-refractivity contribution in [2.45, 2.75) is 11.8 Å². The molecule has 1 aromatic rings. The molecule has 0 radical (unpaired) electrons. The van der Waals surface area contributed by atoms with Crippen LogP contribution in [0.1, 0.15) is 6.92 Å². The third-order valence-electron chi connectivity index (χ3n) is 1.47. The van der Waals surface area contributed by atoms with Crippen LogP contribution >= 0.6 is 13.5 Å². The van der Waals surface area contributed by atoms with Gasteiger partial charge in [-0.1, -0.05) is 0 Å². The van der Waals surface area contributed by atoms with Crippen molar-refractivity contribution in [3.63, 3.8) is 0 Å². The van der Waals surface area contributed by atoms with Gasteiger partial charge in [-0.2, -0.15) is 13.5 Å². The van der Waals surface area contributed by atoms with E-state index in [9.17, 15) is 13.2 Å². The van der Waals surface area contributed by atoms with E-state index in [-0.39, 0.29) is 65.0 Å². The van der Waals surface area contributed by atoms with E-state index >= 15 is 0 Å². The van der Waals surface area contributed by atoms with E-state index in [4.69, 9.17) is 5.73 Å². The summed E-state index contributed by atoms with van der Waals surface area (Å²) >= 11 is 0. The summed E-state index contributed by atoms with van der Waals surface area (Å²) in [6, 6.07) is 5.57. The van der Waals surface area contributed by atoms with Crippen LogP contribution in [-0.4, -0.2) is 61.0 Å². The van der Waals surface area contributed by atoms with Gasteiger partial charge in [0.25, 0.3) is 10.0 Å². The van der Waals surface area contributed by atoms with E-state index in [0.717, 1.165) is 6.92 Å². The van der Waals surface area contributed by atoms with Gasteiger partial charge in [0, 0.05) is 12.6 Å². The summed E-state index contributed by atoms with van der Waals surface area (Å²) < 4.78 is 24.6. The number of carbonyl (C=O) groups excluding carboxylic acids is 1. The van der Waals surface area contributed by atoms with Crippen molar-refractivity contribution in [1.82, 2.24) is 4.72 Å². The number of carbonyl (C=O) groups is 1. The Balaban J connectivity index is -0.000000653. The third-order valence-corrected chi connectivity index (χ3v) is 2.92. The molecule has 1 rings (SSSR count). The van der Waals surface area contributed by atoms with Gasteiger partial charge in [-0.3, -0.25) is 4.79 Å². The van der Waals surface area contributed by atoms with E-state index in [0.29, 0.717) is 5.69 Å². The van der Waals surface area contributed by atoms with Crippen molar-refractivity contribution in [1.29, 1.82) is 0 Å². The molecule has 5 nitrogen and oxygen atoms in total. The average Bonchev–Trinajstić information content (AvgIpc) is 2.02. The number of rotatable bonds is 2. The zero-order valence-corrected chi connectivity index (χ0v) is 12.4. The number of anilines is 1. The maximum atomic E-state index is 11.4. The molecule has 1 amide bonds. The molecule has 0 aliphatic heterocycles. The summed E-state index contributed by atoms with van der Waals surface area (Å²) in [5.74, 6) is -0.623. The van der Waals surface area contributed by atoms with Gasteiger partial charge in [-0.15, -0.1) is 0 Å². The van der Waals surface area contributed by atoms with Crippen molar-refractivity contribution in [2.75, 3.05) is 5.73 Å². The molecule has 0 saturated heterocycles. The van der Waals surface area contributed by atoms with Gasteiger partial charge in [0.05, 0.1) is 4.90 Å². The summed E-state index contributed by atoms with van der Waals surface area (Å²) in [4.78, 5) is 10.6. The van der Waals surface area contributed by atoms with Gasteiger partial charge < -0.3 is 5.73 Å². The molecule has 0 bridgehead atoms. The standard InChI is InChI=1S/C8H10N2O3S.Na.H2S.H2Se.H/c1-6(11)10-14(12,13)8-4-2-7(9)3-5-8;;;;/h2-5H,9H2,1H3,(H,10,11);;2*1H2;. The Morgan fingerprint density at radius 1 is 1.24 bits per heavy atom.